The normalized spacial score (nSPS) is 13.6. The summed E-state index contributed by atoms with van der Waals surface area (Å²) in [6, 6.07) is 18.6. The highest BCUT2D eigenvalue weighted by Gasteiger charge is 2.27. The zero-order valence-corrected chi connectivity index (χ0v) is 17.8. The summed E-state index contributed by atoms with van der Waals surface area (Å²) >= 11 is 1.49. The van der Waals surface area contributed by atoms with Crippen molar-refractivity contribution in [1.29, 1.82) is 0 Å². The van der Waals surface area contributed by atoms with Crippen LogP contribution in [0, 0.1) is 6.92 Å². The van der Waals surface area contributed by atoms with Crippen LogP contribution in [-0.4, -0.2) is 18.4 Å². The molecule has 0 saturated heterocycles. The average Bonchev–Trinajstić information content (AvgIpc) is 3.30. The number of quaternary nitrogens is 1. The van der Waals surface area contributed by atoms with Crippen LogP contribution < -0.4 is 16.4 Å². The van der Waals surface area contributed by atoms with Crippen LogP contribution in [-0.2, 0) is 17.6 Å². The number of aryl methyl sites for hydroxylation is 2. The third-order valence-electron chi connectivity index (χ3n) is 5.55. The number of nitrogens with two attached hydrogens (primary N) is 2. The van der Waals surface area contributed by atoms with E-state index in [1.807, 2.05) is 23.5 Å². The largest absolute Gasteiger partial charge is 0.365 e. The predicted molar refractivity (Wildman–Crippen MR) is 120 cm³/mol. The first kappa shape index (κ1) is 20.3. The second-order valence-electron chi connectivity index (χ2n) is 7.71. The summed E-state index contributed by atoms with van der Waals surface area (Å²) in [6.07, 6.45) is 2.85. The van der Waals surface area contributed by atoms with Gasteiger partial charge >= 0.3 is 0 Å². The fourth-order valence-electron chi connectivity index (χ4n) is 4.05. The van der Waals surface area contributed by atoms with Gasteiger partial charge in [0.25, 0.3) is 11.8 Å². The maximum Gasteiger partial charge on any atom is 0.280 e. The minimum atomic E-state index is -0.463. The van der Waals surface area contributed by atoms with Gasteiger partial charge in [0, 0.05) is 16.0 Å². The number of hydrogen-bond donors (Lipinski definition) is 3. The first-order chi connectivity index (χ1) is 14.5. The molecular weight excluding hydrogens is 394 g/mol. The first-order valence-corrected chi connectivity index (χ1v) is 11.0. The summed E-state index contributed by atoms with van der Waals surface area (Å²) in [5, 5.41) is 5.56. The number of fused-ring (bicyclic) bond motifs is 1. The summed E-state index contributed by atoms with van der Waals surface area (Å²) in [5.74, 6) is -0.596. The Hall–Kier alpha value is -2.96. The Labute approximate surface area is 180 Å². The van der Waals surface area contributed by atoms with E-state index in [0.717, 1.165) is 36.0 Å². The Morgan fingerprint density at radius 1 is 1.07 bits per heavy atom. The van der Waals surface area contributed by atoms with E-state index in [9.17, 15) is 9.59 Å². The first-order valence-electron chi connectivity index (χ1n) is 10.2. The van der Waals surface area contributed by atoms with Crippen molar-refractivity contribution in [1.82, 2.24) is 0 Å². The van der Waals surface area contributed by atoms with E-state index in [-0.39, 0.29) is 18.5 Å². The molecule has 0 spiro atoms. The van der Waals surface area contributed by atoms with Crippen molar-refractivity contribution in [2.45, 2.75) is 32.2 Å². The molecule has 0 aliphatic heterocycles. The van der Waals surface area contributed by atoms with Crippen LogP contribution in [0.2, 0.25) is 0 Å². The number of thiophene rings is 1. The molecule has 4 rings (SSSR count). The maximum absolute atomic E-state index is 12.7. The maximum atomic E-state index is 12.7. The molecule has 2 amide bonds. The Morgan fingerprint density at radius 3 is 2.47 bits per heavy atom. The lowest BCUT2D eigenvalue weighted by Crippen LogP contribution is -2.87. The van der Waals surface area contributed by atoms with E-state index in [1.165, 1.54) is 21.8 Å². The van der Waals surface area contributed by atoms with Crippen molar-refractivity contribution >= 4 is 28.2 Å². The van der Waals surface area contributed by atoms with Crippen LogP contribution >= 0.6 is 11.3 Å². The highest BCUT2D eigenvalue weighted by atomic mass is 32.1. The zero-order chi connectivity index (χ0) is 21.1. The smallest absolute Gasteiger partial charge is 0.280 e. The number of carbonyl (C=O) groups excluding carboxylic acids is 2. The van der Waals surface area contributed by atoms with E-state index < -0.39 is 5.91 Å². The van der Waals surface area contributed by atoms with Gasteiger partial charge < -0.3 is 16.4 Å². The Kier molecular flexibility index (Phi) is 5.97. The molecule has 1 aliphatic carbocycles. The van der Waals surface area contributed by atoms with Crippen molar-refractivity contribution in [3.63, 3.8) is 0 Å². The highest BCUT2D eigenvalue weighted by Crippen LogP contribution is 2.38. The standard InChI is InChI=1S/C24H25N3O2S/c1-15-10-12-17(13-11-15)22(16-6-3-2-4-7-16)26-14-20(28)27-24-21(23(25)29)18-8-5-9-19(18)30-24/h2-4,6-7,10-13,22,26H,5,8-9,14H2,1H3,(H2,25,29)(H,27,28)/p+1/t22-/m0/s1. The average molecular weight is 421 g/mol. The van der Waals surface area contributed by atoms with Gasteiger partial charge in [0.05, 0.1) is 5.56 Å². The van der Waals surface area contributed by atoms with Crippen LogP contribution in [0.15, 0.2) is 54.6 Å². The molecule has 1 atom stereocenters. The summed E-state index contributed by atoms with van der Waals surface area (Å²) in [5.41, 5.74) is 10.6. The number of anilines is 1. The Morgan fingerprint density at radius 2 is 1.77 bits per heavy atom. The molecule has 6 heteroatoms. The molecule has 30 heavy (non-hydrogen) atoms. The van der Waals surface area contributed by atoms with Gasteiger partial charge in [0.2, 0.25) is 0 Å². The third kappa shape index (κ3) is 4.30. The van der Waals surface area contributed by atoms with E-state index in [1.54, 1.807) is 0 Å². The summed E-state index contributed by atoms with van der Waals surface area (Å²) in [6.45, 7) is 2.31. The van der Waals surface area contributed by atoms with Crippen LogP contribution in [0.1, 0.15) is 50.0 Å². The van der Waals surface area contributed by atoms with Crippen LogP contribution in [0.3, 0.4) is 0 Å². The lowest BCUT2D eigenvalue weighted by atomic mass is 9.98. The van der Waals surface area contributed by atoms with Gasteiger partial charge in [0.15, 0.2) is 6.54 Å². The van der Waals surface area contributed by atoms with Gasteiger partial charge in [-0.15, -0.1) is 11.3 Å². The predicted octanol–water partition coefficient (Wildman–Crippen LogP) is 2.94. The lowest BCUT2D eigenvalue weighted by Gasteiger charge is -2.17. The molecule has 1 aromatic heterocycles. The number of carbonyl (C=O) groups is 2. The van der Waals surface area contributed by atoms with Gasteiger partial charge in [-0.1, -0.05) is 60.2 Å². The molecule has 0 saturated carbocycles. The topological polar surface area (TPSA) is 88.8 Å². The number of amides is 2. The van der Waals surface area contributed by atoms with E-state index >= 15 is 0 Å². The number of nitrogens with one attached hydrogen (secondary N) is 1. The minimum Gasteiger partial charge on any atom is -0.365 e. The molecule has 0 bridgehead atoms. The molecule has 1 aliphatic rings. The zero-order valence-electron chi connectivity index (χ0n) is 17.0. The molecule has 5 N–H and O–H groups in total. The molecule has 0 unspecified atom stereocenters. The van der Waals surface area contributed by atoms with Crippen molar-refractivity contribution in [2.24, 2.45) is 5.73 Å². The summed E-state index contributed by atoms with van der Waals surface area (Å²) < 4.78 is 0. The molecule has 2 aromatic carbocycles. The Balaban J connectivity index is 1.50. The van der Waals surface area contributed by atoms with Gasteiger partial charge in [-0.25, -0.2) is 0 Å². The van der Waals surface area contributed by atoms with Crippen LogP contribution in [0.25, 0.3) is 0 Å². The fourth-order valence-corrected chi connectivity index (χ4v) is 5.37. The quantitative estimate of drug-likeness (QED) is 0.549. The van der Waals surface area contributed by atoms with Crippen molar-refractivity contribution < 1.29 is 14.9 Å². The number of rotatable bonds is 7. The van der Waals surface area contributed by atoms with E-state index in [2.05, 4.69) is 48.6 Å². The third-order valence-corrected chi connectivity index (χ3v) is 6.76. The van der Waals surface area contributed by atoms with E-state index in [4.69, 9.17) is 5.73 Å². The Bertz CT molecular complexity index is 1060. The fraction of sp³-hybridized carbons (Fsp3) is 0.250. The van der Waals surface area contributed by atoms with Gasteiger partial charge in [-0.2, -0.15) is 0 Å². The second kappa shape index (κ2) is 8.81. The molecule has 1 heterocycles. The van der Waals surface area contributed by atoms with Crippen molar-refractivity contribution in [3.05, 3.63) is 87.3 Å². The molecular formula is C24H26N3O2S+. The van der Waals surface area contributed by atoms with Gasteiger partial charge in [-0.3, -0.25) is 9.59 Å². The molecule has 154 valence electrons. The molecule has 0 fully saturated rings. The summed E-state index contributed by atoms with van der Waals surface area (Å²) in [7, 11) is 0. The minimum absolute atomic E-state index is 0.0153. The molecule has 0 radical (unpaired) electrons. The van der Waals surface area contributed by atoms with Crippen molar-refractivity contribution in [3.8, 4) is 0 Å². The monoisotopic (exact) mass is 420 g/mol. The highest BCUT2D eigenvalue weighted by molar-refractivity contribution is 7.17. The van der Waals surface area contributed by atoms with E-state index in [0.29, 0.717) is 10.6 Å². The lowest BCUT2D eigenvalue weighted by molar-refractivity contribution is -0.676. The van der Waals surface area contributed by atoms with Gasteiger partial charge in [0.1, 0.15) is 11.0 Å². The van der Waals surface area contributed by atoms with Crippen LogP contribution in [0.5, 0.6) is 0 Å². The number of primary amides is 1. The summed E-state index contributed by atoms with van der Waals surface area (Å²) in [4.78, 5) is 25.9. The number of hydrogen-bond acceptors (Lipinski definition) is 3. The van der Waals surface area contributed by atoms with Crippen molar-refractivity contribution in [2.75, 3.05) is 11.9 Å². The molecule has 3 aromatic rings. The number of benzene rings is 2. The molecule has 5 nitrogen and oxygen atoms in total. The van der Waals surface area contributed by atoms with Crippen LogP contribution in [0.4, 0.5) is 5.00 Å². The second-order valence-corrected chi connectivity index (χ2v) is 8.82. The van der Waals surface area contributed by atoms with Gasteiger partial charge in [-0.05, 0) is 31.7 Å². The SMILES string of the molecule is Cc1ccc([C@@H]([NH2+]CC(=O)Nc2sc3c(c2C(N)=O)CCC3)c2ccccc2)cc1.